The molecule has 0 saturated carbocycles. The van der Waals surface area contributed by atoms with Crippen LogP contribution in [0.4, 0.5) is 4.79 Å². The number of urea groups is 1. The molecule has 2 heterocycles. The van der Waals surface area contributed by atoms with Gasteiger partial charge in [-0.05, 0) is 13.8 Å². The Morgan fingerprint density at radius 3 is 2.95 bits per heavy atom. The number of carbonyl (C=O) groups is 1. The summed E-state index contributed by atoms with van der Waals surface area (Å²) >= 11 is 1.62. The molecule has 0 radical (unpaired) electrons. The molecule has 0 saturated heterocycles. The van der Waals surface area contributed by atoms with Crippen LogP contribution in [0.5, 0.6) is 0 Å². The van der Waals surface area contributed by atoms with Gasteiger partial charge in [0.1, 0.15) is 6.33 Å². The number of thiazole rings is 1. The highest BCUT2D eigenvalue weighted by Gasteiger charge is 2.13. The summed E-state index contributed by atoms with van der Waals surface area (Å²) in [5.41, 5.74) is 1.01. The molecular formula is C12H18N6OS. The second kappa shape index (κ2) is 6.47. The average molecular weight is 294 g/mol. The Kier molecular flexibility index (Phi) is 4.67. The molecule has 0 bridgehead atoms. The van der Waals surface area contributed by atoms with Crippen molar-refractivity contribution in [3.63, 3.8) is 0 Å². The molecule has 2 N–H and O–H groups in total. The minimum absolute atomic E-state index is 0.191. The highest BCUT2D eigenvalue weighted by molar-refractivity contribution is 7.09. The van der Waals surface area contributed by atoms with Crippen LogP contribution in [0.25, 0.3) is 0 Å². The van der Waals surface area contributed by atoms with Crippen LogP contribution in [0.1, 0.15) is 29.5 Å². The number of rotatable bonds is 5. The van der Waals surface area contributed by atoms with Gasteiger partial charge in [-0.15, -0.1) is 21.5 Å². The molecule has 0 unspecified atom stereocenters. The van der Waals surface area contributed by atoms with Gasteiger partial charge in [0.15, 0.2) is 5.82 Å². The molecule has 2 amide bonds. The van der Waals surface area contributed by atoms with Crippen molar-refractivity contribution in [1.29, 1.82) is 0 Å². The zero-order valence-corrected chi connectivity index (χ0v) is 12.6. The normalized spacial score (nSPS) is 12.2. The Hall–Kier alpha value is -1.96. The van der Waals surface area contributed by atoms with E-state index in [1.165, 1.54) is 0 Å². The maximum absolute atomic E-state index is 11.8. The first-order chi connectivity index (χ1) is 9.56. The lowest BCUT2D eigenvalue weighted by atomic mass is 10.3. The highest BCUT2D eigenvalue weighted by Crippen LogP contribution is 2.08. The zero-order valence-electron chi connectivity index (χ0n) is 11.8. The van der Waals surface area contributed by atoms with E-state index in [9.17, 15) is 4.79 Å². The second-order valence-corrected chi connectivity index (χ2v) is 5.59. The molecule has 0 aliphatic rings. The van der Waals surface area contributed by atoms with E-state index in [4.69, 9.17) is 0 Å². The van der Waals surface area contributed by atoms with E-state index in [-0.39, 0.29) is 12.1 Å². The Morgan fingerprint density at radius 1 is 1.55 bits per heavy atom. The third kappa shape index (κ3) is 3.77. The third-order valence-corrected chi connectivity index (χ3v) is 3.64. The highest BCUT2D eigenvalue weighted by atomic mass is 32.1. The minimum Gasteiger partial charge on any atom is -0.338 e. The van der Waals surface area contributed by atoms with Crippen molar-refractivity contribution in [3.8, 4) is 0 Å². The van der Waals surface area contributed by atoms with Crippen LogP contribution in [0.3, 0.4) is 0 Å². The van der Waals surface area contributed by atoms with Gasteiger partial charge >= 0.3 is 6.03 Å². The summed E-state index contributed by atoms with van der Waals surface area (Å²) < 4.78 is 1.78. The van der Waals surface area contributed by atoms with Crippen molar-refractivity contribution in [2.75, 3.05) is 6.54 Å². The van der Waals surface area contributed by atoms with Gasteiger partial charge in [0, 0.05) is 25.4 Å². The van der Waals surface area contributed by atoms with E-state index in [0.29, 0.717) is 6.54 Å². The van der Waals surface area contributed by atoms with Crippen LogP contribution < -0.4 is 10.6 Å². The Bertz CT molecular complexity index is 578. The number of hydrogen-bond acceptors (Lipinski definition) is 5. The number of nitrogens with zero attached hydrogens (tertiary/aromatic N) is 4. The number of amides is 2. The molecule has 1 atom stereocenters. The van der Waals surface area contributed by atoms with Crippen molar-refractivity contribution < 1.29 is 4.79 Å². The fourth-order valence-electron chi connectivity index (χ4n) is 1.82. The van der Waals surface area contributed by atoms with Crippen LogP contribution in [0, 0.1) is 6.92 Å². The lowest BCUT2D eigenvalue weighted by molar-refractivity contribution is 0.237. The second-order valence-electron chi connectivity index (χ2n) is 4.53. The zero-order chi connectivity index (χ0) is 14.5. The molecule has 2 aromatic heterocycles. The van der Waals surface area contributed by atoms with Crippen LogP contribution in [0.15, 0.2) is 11.7 Å². The maximum atomic E-state index is 11.8. The van der Waals surface area contributed by atoms with E-state index in [1.807, 2.05) is 26.3 Å². The standard InChI is InChI=1S/C12H18N6OS/c1-8(11-17-14-7-18(11)3)15-12(19)13-5-4-10-6-20-9(2)16-10/h6-8H,4-5H2,1-3H3,(H2,13,15,19)/t8-/m0/s1. The predicted molar refractivity (Wildman–Crippen MR) is 76.5 cm³/mol. The van der Waals surface area contributed by atoms with Crippen LogP contribution >= 0.6 is 11.3 Å². The molecule has 2 rings (SSSR count). The topological polar surface area (TPSA) is 84.7 Å². The maximum Gasteiger partial charge on any atom is 0.315 e. The summed E-state index contributed by atoms with van der Waals surface area (Å²) in [7, 11) is 1.84. The lowest BCUT2D eigenvalue weighted by Crippen LogP contribution is -2.38. The monoisotopic (exact) mass is 294 g/mol. The van der Waals surface area contributed by atoms with E-state index in [0.717, 1.165) is 22.9 Å². The van der Waals surface area contributed by atoms with Crippen molar-refractivity contribution >= 4 is 17.4 Å². The van der Waals surface area contributed by atoms with Gasteiger partial charge in [-0.3, -0.25) is 0 Å². The van der Waals surface area contributed by atoms with Crippen molar-refractivity contribution in [2.45, 2.75) is 26.3 Å². The van der Waals surface area contributed by atoms with Gasteiger partial charge in [-0.1, -0.05) is 0 Å². The SMILES string of the molecule is Cc1nc(CCNC(=O)N[C@@H](C)c2nncn2C)cs1. The molecule has 8 heteroatoms. The first-order valence-electron chi connectivity index (χ1n) is 6.35. The average Bonchev–Trinajstić information content (AvgIpc) is 2.98. The molecule has 108 valence electrons. The van der Waals surface area contributed by atoms with Crippen molar-refractivity contribution in [2.24, 2.45) is 7.05 Å². The van der Waals surface area contributed by atoms with E-state index < -0.39 is 0 Å². The fraction of sp³-hybridized carbons (Fsp3) is 0.500. The molecule has 0 spiro atoms. The van der Waals surface area contributed by atoms with E-state index in [1.54, 1.807) is 22.2 Å². The minimum atomic E-state index is -0.215. The number of nitrogens with one attached hydrogen (secondary N) is 2. The van der Waals surface area contributed by atoms with Gasteiger partial charge in [0.05, 0.1) is 16.7 Å². The summed E-state index contributed by atoms with van der Waals surface area (Å²) in [6, 6.07) is -0.406. The number of carbonyl (C=O) groups excluding carboxylic acids is 1. The van der Waals surface area contributed by atoms with Gasteiger partial charge in [-0.2, -0.15) is 0 Å². The molecule has 20 heavy (non-hydrogen) atoms. The van der Waals surface area contributed by atoms with Crippen molar-refractivity contribution in [1.82, 2.24) is 30.4 Å². The summed E-state index contributed by atoms with van der Waals surface area (Å²) in [5, 5.41) is 16.4. The third-order valence-electron chi connectivity index (χ3n) is 2.81. The molecule has 7 nitrogen and oxygen atoms in total. The van der Waals surface area contributed by atoms with Gasteiger partial charge in [-0.25, -0.2) is 9.78 Å². The summed E-state index contributed by atoms with van der Waals surface area (Å²) in [5.74, 6) is 0.718. The Morgan fingerprint density at radius 2 is 2.35 bits per heavy atom. The van der Waals surface area contributed by atoms with Gasteiger partial charge < -0.3 is 15.2 Å². The largest absolute Gasteiger partial charge is 0.338 e. The fourth-order valence-corrected chi connectivity index (χ4v) is 2.47. The number of aromatic nitrogens is 4. The Balaban J connectivity index is 1.74. The molecular weight excluding hydrogens is 276 g/mol. The quantitative estimate of drug-likeness (QED) is 0.867. The predicted octanol–water partition coefficient (Wildman–Crippen LogP) is 1.18. The van der Waals surface area contributed by atoms with Gasteiger partial charge in [0.2, 0.25) is 0 Å². The molecule has 0 aliphatic heterocycles. The first kappa shape index (κ1) is 14.4. The Labute approximate surface area is 121 Å². The van der Waals surface area contributed by atoms with E-state index in [2.05, 4.69) is 25.8 Å². The summed E-state index contributed by atoms with van der Waals surface area (Å²) in [6.45, 7) is 4.39. The summed E-state index contributed by atoms with van der Waals surface area (Å²) in [6.07, 6.45) is 2.34. The van der Waals surface area contributed by atoms with Crippen LogP contribution in [-0.2, 0) is 13.5 Å². The van der Waals surface area contributed by atoms with Gasteiger partial charge in [0.25, 0.3) is 0 Å². The number of hydrogen-bond donors (Lipinski definition) is 2. The van der Waals surface area contributed by atoms with Crippen molar-refractivity contribution in [3.05, 3.63) is 28.2 Å². The smallest absolute Gasteiger partial charge is 0.315 e. The lowest BCUT2D eigenvalue weighted by Gasteiger charge is -2.13. The molecule has 0 aliphatic carbocycles. The number of aryl methyl sites for hydroxylation is 2. The van der Waals surface area contributed by atoms with E-state index >= 15 is 0 Å². The summed E-state index contributed by atoms with van der Waals surface area (Å²) in [4.78, 5) is 16.1. The first-order valence-corrected chi connectivity index (χ1v) is 7.23. The van der Waals surface area contributed by atoms with Crippen LogP contribution in [-0.4, -0.2) is 32.3 Å². The molecule has 0 fully saturated rings. The molecule has 0 aromatic carbocycles. The van der Waals surface area contributed by atoms with Crippen LogP contribution in [0.2, 0.25) is 0 Å². The molecule has 2 aromatic rings.